The van der Waals surface area contributed by atoms with E-state index in [0.29, 0.717) is 19.5 Å². The standard InChI is InChI=1S/C18H21BrN2O/c19-17-8-5-14(6-9-17)7-10-18(22)21-12-11-15-1-3-16(13-20)4-2-15/h1-6,8-9H,7,10-13,20H2,(H,21,22). The molecule has 0 aliphatic heterocycles. The van der Waals surface area contributed by atoms with Crippen LogP contribution in [-0.2, 0) is 24.2 Å². The first-order chi connectivity index (χ1) is 10.7. The third-order valence-electron chi connectivity index (χ3n) is 3.55. The van der Waals surface area contributed by atoms with E-state index in [1.165, 1.54) is 11.1 Å². The van der Waals surface area contributed by atoms with Crippen LogP contribution in [-0.4, -0.2) is 12.5 Å². The van der Waals surface area contributed by atoms with Crippen LogP contribution in [0.4, 0.5) is 0 Å². The lowest BCUT2D eigenvalue weighted by atomic mass is 10.1. The molecule has 0 aliphatic rings. The van der Waals surface area contributed by atoms with Crippen LogP contribution < -0.4 is 11.1 Å². The minimum absolute atomic E-state index is 0.0986. The van der Waals surface area contributed by atoms with Gasteiger partial charge in [-0.25, -0.2) is 0 Å². The number of halogens is 1. The summed E-state index contributed by atoms with van der Waals surface area (Å²) < 4.78 is 1.06. The highest BCUT2D eigenvalue weighted by Gasteiger charge is 2.02. The van der Waals surface area contributed by atoms with Crippen LogP contribution in [0.25, 0.3) is 0 Å². The Morgan fingerprint density at radius 1 is 0.909 bits per heavy atom. The Morgan fingerprint density at radius 3 is 2.09 bits per heavy atom. The Labute approximate surface area is 140 Å². The molecule has 0 aromatic heterocycles. The van der Waals surface area contributed by atoms with Gasteiger partial charge < -0.3 is 11.1 Å². The highest BCUT2D eigenvalue weighted by molar-refractivity contribution is 9.10. The molecule has 0 saturated heterocycles. The third kappa shape index (κ3) is 5.62. The smallest absolute Gasteiger partial charge is 0.220 e. The minimum Gasteiger partial charge on any atom is -0.356 e. The maximum Gasteiger partial charge on any atom is 0.220 e. The molecule has 1 amide bonds. The van der Waals surface area contributed by atoms with Gasteiger partial charge in [0.15, 0.2) is 0 Å². The molecule has 0 spiro atoms. The number of benzene rings is 2. The van der Waals surface area contributed by atoms with Gasteiger partial charge in [0.25, 0.3) is 0 Å². The Bertz CT molecular complexity index is 593. The number of nitrogens with two attached hydrogens (primary N) is 1. The molecule has 3 N–H and O–H groups in total. The Kier molecular flexibility index (Phi) is 6.62. The van der Waals surface area contributed by atoms with E-state index in [1.807, 2.05) is 36.4 Å². The predicted octanol–water partition coefficient (Wildman–Crippen LogP) is 3.20. The Balaban J connectivity index is 1.67. The van der Waals surface area contributed by atoms with Gasteiger partial charge >= 0.3 is 0 Å². The normalized spacial score (nSPS) is 10.5. The molecule has 0 heterocycles. The summed E-state index contributed by atoms with van der Waals surface area (Å²) in [6.07, 6.45) is 2.13. The van der Waals surface area contributed by atoms with E-state index in [4.69, 9.17) is 5.73 Å². The summed E-state index contributed by atoms with van der Waals surface area (Å²) >= 11 is 3.40. The molecule has 0 unspecified atom stereocenters. The molecule has 22 heavy (non-hydrogen) atoms. The first-order valence-electron chi connectivity index (χ1n) is 7.46. The number of amides is 1. The second-order valence-electron chi connectivity index (χ2n) is 5.25. The van der Waals surface area contributed by atoms with Gasteiger partial charge in [0.1, 0.15) is 0 Å². The fourth-order valence-electron chi connectivity index (χ4n) is 2.19. The summed E-state index contributed by atoms with van der Waals surface area (Å²) in [6, 6.07) is 16.3. The lowest BCUT2D eigenvalue weighted by molar-refractivity contribution is -0.121. The van der Waals surface area contributed by atoms with Crippen LogP contribution in [0.1, 0.15) is 23.1 Å². The van der Waals surface area contributed by atoms with Gasteiger partial charge in [-0.3, -0.25) is 4.79 Å². The molecular formula is C18H21BrN2O. The molecule has 0 radical (unpaired) electrons. The molecule has 116 valence electrons. The average molecular weight is 361 g/mol. The lowest BCUT2D eigenvalue weighted by Crippen LogP contribution is -2.25. The molecule has 0 saturated carbocycles. The summed E-state index contributed by atoms with van der Waals surface area (Å²) in [5.74, 6) is 0.0986. The van der Waals surface area contributed by atoms with Gasteiger partial charge in [0, 0.05) is 24.0 Å². The fourth-order valence-corrected chi connectivity index (χ4v) is 2.45. The Hall–Kier alpha value is -1.65. The lowest BCUT2D eigenvalue weighted by Gasteiger charge is -2.06. The average Bonchev–Trinajstić information content (AvgIpc) is 2.55. The molecular weight excluding hydrogens is 340 g/mol. The molecule has 0 atom stereocenters. The topological polar surface area (TPSA) is 55.1 Å². The van der Waals surface area contributed by atoms with Crippen molar-refractivity contribution in [3.05, 3.63) is 69.7 Å². The molecule has 2 aromatic carbocycles. The number of hydrogen-bond donors (Lipinski definition) is 2. The Morgan fingerprint density at radius 2 is 1.45 bits per heavy atom. The van der Waals surface area contributed by atoms with Crippen LogP contribution in [0.3, 0.4) is 0 Å². The van der Waals surface area contributed by atoms with E-state index in [0.717, 1.165) is 22.9 Å². The monoisotopic (exact) mass is 360 g/mol. The van der Waals surface area contributed by atoms with Gasteiger partial charge in [0.05, 0.1) is 0 Å². The van der Waals surface area contributed by atoms with Crippen molar-refractivity contribution in [2.24, 2.45) is 5.73 Å². The van der Waals surface area contributed by atoms with Gasteiger partial charge in [0.2, 0.25) is 5.91 Å². The fraction of sp³-hybridized carbons (Fsp3) is 0.278. The molecule has 2 rings (SSSR count). The van der Waals surface area contributed by atoms with E-state index in [-0.39, 0.29) is 5.91 Å². The first kappa shape index (κ1) is 16.7. The zero-order valence-electron chi connectivity index (χ0n) is 12.5. The molecule has 0 fully saturated rings. The van der Waals surface area contributed by atoms with Gasteiger partial charge in [-0.05, 0) is 41.7 Å². The molecule has 0 aliphatic carbocycles. The molecule has 2 aromatic rings. The quantitative estimate of drug-likeness (QED) is 0.796. The van der Waals surface area contributed by atoms with Gasteiger partial charge in [-0.1, -0.05) is 52.3 Å². The van der Waals surface area contributed by atoms with Crippen molar-refractivity contribution in [1.29, 1.82) is 0 Å². The zero-order valence-corrected chi connectivity index (χ0v) is 14.1. The molecule has 0 bridgehead atoms. The van der Waals surface area contributed by atoms with Crippen molar-refractivity contribution in [2.45, 2.75) is 25.8 Å². The maximum atomic E-state index is 11.8. The number of aryl methyl sites for hydroxylation is 1. The van der Waals surface area contributed by atoms with Crippen molar-refractivity contribution in [3.8, 4) is 0 Å². The zero-order chi connectivity index (χ0) is 15.8. The summed E-state index contributed by atoms with van der Waals surface area (Å²) in [5, 5.41) is 2.97. The van der Waals surface area contributed by atoms with E-state index < -0.39 is 0 Å². The largest absolute Gasteiger partial charge is 0.356 e. The van der Waals surface area contributed by atoms with Crippen molar-refractivity contribution in [3.63, 3.8) is 0 Å². The summed E-state index contributed by atoms with van der Waals surface area (Å²) in [4.78, 5) is 11.8. The number of rotatable bonds is 7. The van der Waals surface area contributed by atoms with Crippen molar-refractivity contribution in [1.82, 2.24) is 5.32 Å². The van der Waals surface area contributed by atoms with Gasteiger partial charge in [-0.15, -0.1) is 0 Å². The molecule has 4 heteroatoms. The highest BCUT2D eigenvalue weighted by Crippen LogP contribution is 2.11. The summed E-state index contributed by atoms with van der Waals surface area (Å²) in [5.41, 5.74) is 9.09. The van der Waals surface area contributed by atoms with Crippen LogP contribution >= 0.6 is 15.9 Å². The molecule has 3 nitrogen and oxygen atoms in total. The number of hydrogen-bond acceptors (Lipinski definition) is 2. The SMILES string of the molecule is NCc1ccc(CCNC(=O)CCc2ccc(Br)cc2)cc1. The second-order valence-corrected chi connectivity index (χ2v) is 6.16. The van der Waals surface area contributed by atoms with Crippen LogP contribution in [0, 0.1) is 0 Å². The predicted molar refractivity (Wildman–Crippen MR) is 93.5 cm³/mol. The van der Waals surface area contributed by atoms with Crippen molar-refractivity contribution < 1.29 is 4.79 Å². The van der Waals surface area contributed by atoms with Crippen LogP contribution in [0.5, 0.6) is 0 Å². The van der Waals surface area contributed by atoms with E-state index in [9.17, 15) is 4.79 Å². The second kappa shape index (κ2) is 8.71. The van der Waals surface area contributed by atoms with Crippen LogP contribution in [0.15, 0.2) is 53.0 Å². The number of nitrogens with one attached hydrogen (secondary N) is 1. The number of carbonyl (C=O) groups excluding carboxylic acids is 1. The maximum absolute atomic E-state index is 11.8. The van der Waals surface area contributed by atoms with Crippen LogP contribution in [0.2, 0.25) is 0 Å². The van der Waals surface area contributed by atoms with E-state index in [1.54, 1.807) is 0 Å². The highest BCUT2D eigenvalue weighted by atomic mass is 79.9. The van der Waals surface area contributed by atoms with E-state index >= 15 is 0 Å². The number of carbonyl (C=O) groups is 1. The van der Waals surface area contributed by atoms with Crippen molar-refractivity contribution in [2.75, 3.05) is 6.54 Å². The summed E-state index contributed by atoms with van der Waals surface area (Å²) in [6.45, 7) is 1.23. The van der Waals surface area contributed by atoms with Crippen molar-refractivity contribution >= 4 is 21.8 Å². The van der Waals surface area contributed by atoms with Gasteiger partial charge in [-0.2, -0.15) is 0 Å². The summed E-state index contributed by atoms with van der Waals surface area (Å²) in [7, 11) is 0. The first-order valence-corrected chi connectivity index (χ1v) is 8.25. The third-order valence-corrected chi connectivity index (χ3v) is 4.08. The minimum atomic E-state index is 0.0986. The van der Waals surface area contributed by atoms with E-state index in [2.05, 4.69) is 33.4 Å².